The van der Waals surface area contributed by atoms with Gasteiger partial charge < -0.3 is 5.32 Å². The van der Waals surface area contributed by atoms with Gasteiger partial charge >= 0.3 is 6.18 Å². The number of halogens is 3. The number of anilines is 1. The van der Waals surface area contributed by atoms with Gasteiger partial charge in [0.25, 0.3) is 5.91 Å². The molecule has 1 N–H and O–H groups in total. The van der Waals surface area contributed by atoms with Crippen molar-refractivity contribution in [1.82, 2.24) is 0 Å². The van der Waals surface area contributed by atoms with E-state index >= 15 is 0 Å². The normalized spacial score (nSPS) is 18.7. The molecule has 1 aliphatic carbocycles. The Morgan fingerprint density at radius 2 is 1.80 bits per heavy atom. The van der Waals surface area contributed by atoms with Crippen molar-refractivity contribution in [2.45, 2.75) is 44.7 Å². The van der Waals surface area contributed by atoms with Crippen molar-refractivity contribution in [3.63, 3.8) is 0 Å². The molecule has 0 fully saturated rings. The number of benzene rings is 2. The van der Waals surface area contributed by atoms with Crippen LogP contribution in [0.15, 0.2) is 42.5 Å². The molecule has 0 bridgehead atoms. The summed E-state index contributed by atoms with van der Waals surface area (Å²) in [4.78, 5) is 12.5. The van der Waals surface area contributed by atoms with Gasteiger partial charge in [0.05, 0.1) is 11.1 Å². The van der Waals surface area contributed by atoms with E-state index in [4.69, 9.17) is 0 Å². The summed E-state index contributed by atoms with van der Waals surface area (Å²) in [5.74, 6) is -0.502. The number of amides is 1. The zero-order valence-corrected chi connectivity index (χ0v) is 14.4. The number of alkyl halides is 3. The highest BCUT2D eigenvalue weighted by atomic mass is 19.4. The van der Waals surface area contributed by atoms with Crippen molar-refractivity contribution in [2.75, 3.05) is 5.32 Å². The second kappa shape index (κ2) is 5.90. The van der Waals surface area contributed by atoms with Gasteiger partial charge in [0.15, 0.2) is 0 Å². The molecule has 2 nitrogen and oxygen atoms in total. The van der Waals surface area contributed by atoms with E-state index in [1.165, 1.54) is 18.2 Å². The Morgan fingerprint density at radius 3 is 2.48 bits per heavy atom. The van der Waals surface area contributed by atoms with Crippen LogP contribution >= 0.6 is 0 Å². The lowest BCUT2D eigenvalue weighted by Gasteiger charge is -2.19. The minimum absolute atomic E-state index is 0.0145. The topological polar surface area (TPSA) is 29.1 Å². The fourth-order valence-corrected chi connectivity index (χ4v) is 3.89. The fraction of sp³-hybridized carbons (Fsp3) is 0.350. The maximum absolute atomic E-state index is 13.2. The fourth-order valence-electron chi connectivity index (χ4n) is 3.89. The molecule has 1 atom stereocenters. The number of nitrogens with one attached hydrogen (secondary N) is 1. The molecule has 132 valence electrons. The number of hydrogen-bond acceptors (Lipinski definition) is 1. The summed E-state index contributed by atoms with van der Waals surface area (Å²) >= 11 is 0. The largest absolute Gasteiger partial charge is 0.417 e. The molecule has 3 rings (SSSR count). The lowest BCUT2D eigenvalue weighted by molar-refractivity contribution is -0.137. The van der Waals surface area contributed by atoms with Crippen LogP contribution < -0.4 is 5.32 Å². The lowest BCUT2D eigenvalue weighted by atomic mass is 9.86. The van der Waals surface area contributed by atoms with Crippen LogP contribution in [0.3, 0.4) is 0 Å². The summed E-state index contributed by atoms with van der Waals surface area (Å²) in [6.45, 7) is 6.35. The number of fused-ring (bicyclic) bond motifs is 1. The SMILES string of the molecule is C[C@@H]1CC(C)(C)c2cccc(NC(=O)c3ccccc3C(F)(F)F)c21. The first-order valence-electron chi connectivity index (χ1n) is 8.22. The molecule has 0 radical (unpaired) electrons. The highest BCUT2D eigenvalue weighted by Gasteiger charge is 2.37. The maximum atomic E-state index is 13.2. The molecule has 0 aromatic heterocycles. The Balaban J connectivity index is 1.99. The zero-order chi connectivity index (χ0) is 18.4. The van der Waals surface area contributed by atoms with Crippen LogP contribution in [-0.2, 0) is 11.6 Å². The van der Waals surface area contributed by atoms with Gasteiger partial charge in [-0.15, -0.1) is 0 Å². The van der Waals surface area contributed by atoms with Crippen molar-refractivity contribution < 1.29 is 18.0 Å². The first-order valence-corrected chi connectivity index (χ1v) is 8.22. The summed E-state index contributed by atoms with van der Waals surface area (Å²) in [6, 6.07) is 10.5. The number of hydrogen-bond donors (Lipinski definition) is 1. The van der Waals surface area contributed by atoms with Gasteiger partial charge in [-0.05, 0) is 47.1 Å². The van der Waals surface area contributed by atoms with Gasteiger partial charge in [0, 0.05) is 5.69 Å². The van der Waals surface area contributed by atoms with Crippen LogP contribution in [0.25, 0.3) is 0 Å². The van der Waals surface area contributed by atoms with E-state index in [0.29, 0.717) is 5.69 Å². The average Bonchev–Trinajstić information content (AvgIpc) is 2.77. The third-order valence-electron chi connectivity index (χ3n) is 4.87. The van der Waals surface area contributed by atoms with E-state index in [9.17, 15) is 18.0 Å². The van der Waals surface area contributed by atoms with Gasteiger partial charge in [0.1, 0.15) is 0 Å². The van der Waals surface area contributed by atoms with E-state index in [1.54, 1.807) is 6.07 Å². The third-order valence-corrected chi connectivity index (χ3v) is 4.87. The Bertz CT molecular complexity index is 824. The van der Waals surface area contributed by atoms with Crippen LogP contribution in [-0.4, -0.2) is 5.91 Å². The van der Waals surface area contributed by atoms with Gasteiger partial charge in [-0.1, -0.05) is 45.0 Å². The second-order valence-corrected chi connectivity index (χ2v) is 7.25. The summed E-state index contributed by atoms with van der Waals surface area (Å²) < 4.78 is 39.5. The summed E-state index contributed by atoms with van der Waals surface area (Å²) in [6.07, 6.45) is -3.63. The molecule has 2 aromatic carbocycles. The molecule has 0 saturated heterocycles. The molecule has 0 unspecified atom stereocenters. The van der Waals surface area contributed by atoms with Gasteiger partial charge in [0.2, 0.25) is 0 Å². The molecule has 1 aliphatic rings. The van der Waals surface area contributed by atoms with Crippen LogP contribution in [0.5, 0.6) is 0 Å². The van der Waals surface area contributed by atoms with Gasteiger partial charge in [-0.2, -0.15) is 13.2 Å². The van der Waals surface area contributed by atoms with Gasteiger partial charge in [-0.3, -0.25) is 4.79 Å². The Morgan fingerprint density at radius 1 is 1.12 bits per heavy atom. The predicted octanol–water partition coefficient (Wildman–Crippen LogP) is 5.74. The van der Waals surface area contributed by atoms with E-state index in [0.717, 1.165) is 23.6 Å². The molecule has 0 spiro atoms. The molecule has 0 heterocycles. The van der Waals surface area contributed by atoms with Crippen LogP contribution in [0.4, 0.5) is 18.9 Å². The standard InChI is InChI=1S/C20H20F3NO/c1-12-11-19(2,3)15-9-6-10-16(17(12)15)24-18(25)13-7-4-5-8-14(13)20(21,22)23/h4-10,12H,11H2,1-3H3,(H,24,25)/t12-/m1/s1. The van der Waals surface area contributed by atoms with Crippen LogP contribution in [0.1, 0.15) is 60.2 Å². The molecule has 0 aliphatic heterocycles. The highest BCUT2D eigenvalue weighted by Crippen LogP contribution is 2.48. The van der Waals surface area contributed by atoms with Crippen molar-refractivity contribution in [1.29, 1.82) is 0 Å². The first kappa shape index (κ1) is 17.5. The lowest BCUT2D eigenvalue weighted by Crippen LogP contribution is -2.19. The minimum Gasteiger partial charge on any atom is -0.322 e. The minimum atomic E-state index is -4.57. The van der Waals surface area contributed by atoms with E-state index < -0.39 is 17.6 Å². The molecular formula is C20H20F3NO. The molecule has 1 amide bonds. The summed E-state index contributed by atoms with van der Waals surface area (Å²) in [5.41, 5.74) is 1.45. The Labute approximate surface area is 145 Å². The molecular weight excluding hydrogens is 327 g/mol. The van der Waals surface area contributed by atoms with Crippen LogP contribution in [0.2, 0.25) is 0 Å². The van der Waals surface area contributed by atoms with Gasteiger partial charge in [-0.25, -0.2) is 0 Å². The summed E-state index contributed by atoms with van der Waals surface area (Å²) in [7, 11) is 0. The molecule has 2 aromatic rings. The monoisotopic (exact) mass is 347 g/mol. The first-order chi connectivity index (χ1) is 11.6. The number of rotatable bonds is 2. The van der Waals surface area contributed by atoms with Crippen molar-refractivity contribution in [3.8, 4) is 0 Å². The van der Waals surface area contributed by atoms with E-state index in [2.05, 4.69) is 26.1 Å². The number of carbonyl (C=O) groups excluding carboxylic acids is 1. The average molecular weight is 347 g/mol. The smallest absolute Gasteiger partial charge is 0.322 e. The predicted molar refractivity (Wildman–Crippen MR) is 91.9 cm³/mol. The second-order valence-electron chi connectivity index (χ2n) is 7.25. The zero-order valence-electron chi connectivity index (χ0n) is 14.4. The van der Waals surface area contributed by atoms with Crippen LogP contribution in [0, 0.1) is 0 Å². The summed E-state index contributed by atoms with van der Waals surface area (Å²) in [5, 5.41) is 2.70. The maximum Gasteiger partial charge on any atom is 0.417 e. The quantitative estimate of drug-likeness (QED) is 0.737. The van der Waals surface area contributed by atoms with Crippen molar-refractivity contribution in [3.05, 3.63) is 64.7 Å². The molecule has 0 saturated carbocycles. The number of carbonyl (C=O) groups is 1. The van der Waals surface area contributed by atoms with E-state index in [-0.39, 0.29) is 16.9 Å². The van der Waals surface area contributed by atoms with Crippen molar-refractivity contribution >= 4 is 11.6 Å². The van der Waals surface area contributed by atoms with Crippen molar-refractivity contribution in [2.24, 2.45) is 0 Å². The third kappa shape index (κ3) is 3.15. The Kier molecular flexibility index (Phi) is 4.13. The van der Waals surface area contributed by atoms with E-state index in [1.807, 2.05) is 12.1 Å². The molecule has 25 heavy (non-hydrogen) atoms. The highest BCUT2D eigenvalue weighted by molar-refractivity contribution is 6.06. The molecule has 5 heteroatoms. The Hall–Kier alpha value is -2.30.